The maximum atomic E-state index is 11.4. The van der Waals surface area contributed by atoms with Gasteiger partial charge in [0.05, 0.1) is 0 Å². The largest absolute Gasteiger partial charge is 0.291 e. The van der Waals surface area contributed by atoms with Crippen LogP contribution in [0.5, 0.6) is 0 Å². The topological polar surface area (TPSA) is 40.6 Å². The minimum absolute atomic E-state index is 0.160. The molecule has 0 unspecified atom stereocenters. The van der Waals surface area contributed by atoms with E-state index in [4.69, 9.17) is 0 Å². The Morgan fingerprint density at radius 2 is 1.27 bits per heavy atom. The number of carbonyl (C=O) groups excluding carboxylic acids is 2. The minimum atomic E-state index is -0.160. The van der Waals surface area contributed by atoms with Crippen LogP contribution in [0.25, 0.3) is 0 Å². The van der Waals surface area contributed by atoms with E-state index in [9.17, 15) is 9.59 Å². The molecule has 15 heavy (non-hydrogen) atoms. The Hall–Kier alpha value is -2.10. The summed E-state index contributed by atoms with van der Waals surface area (Å²) in [5.41, 5.74) is 1.18. The molecule has 2 aliphatic heterocycles. The Morgan fingerprint density at radius 3 is 1.53 bits per heavy atom. The summed E-state index contributed by atoms with van der Waals surface area (Å²) in [5.74, 6) is -0.319. The Bertz CT molecular complexity index is 356. The molecule has 2 amide bonds. The van der Waals surface area contributed by atoms with Crippen molar-refractivity contribution in [3.05, 3.63) is 48.9 Å². The summed E-state index contributed by atoms with van der Waals surface area (Å²) < 4.78 is 0. The van der Waals surface area contributed by atoms with Crippen molar-refractivity contribution in [2.24, 2.45) is 0 Å². The van der Waals surface area contributed by atoms with E-state index in [1.54, 1.807) is 12.2 Å². The highest BCUT2D eigenvalue weighted by Crippen LogP contribution is 2.18. The average molecular weight is 202 g/mol. The molecule has 4 heteroatoms. The van der Waals surface area contributed by atoms with Gasteiger partial charge in [-0.15, -0.1) is 0 Å². The Kier molecular flexibility index (Phi) is 2.04. The van der Waals surface area contributed by atoms with Crippen LogP contribution in [0.2, 0.25) is 0 Å². The lowest BCUT2D eigenvalue weighted by molar-refractivity contribution is -0.129. The molecule has 0 spiro atoms. The van der Waals surface area contributed by atoms with Gasteiger partial charge >= 0.3 is 0 Å². The number of allylic oxidation sites excluding steroid dienone is 2. The van der Waals surface area contributed by atoms with E-state index in [-0.39, 0.29) is 18.5 Å². The van der Waals surface area contributed by atoms with Gasteiger partial charge in [-0.1, -0.05) is 13.2 Å². The average Bonchev–Trinajstić information content (AvgIpc) is 2.67. The van der Waals surface area contributed by atoms with Gasteiger partial charge in [0.1, 0.15) is 6.67 Å². The molecule has 0 radical (unpaired) electrons. The van der Waals surface area contributed by atoms with Crippen LogP contribution in [0, 0.1) is 0 Å². The molecule has 76 valence electrons. The zero-order chi connectivity index (χ0) is 11.0. The van der Waals surface area contributed by atoms with Crippen LogP contribution in [0.1, 0.15) is 0 Å². The molecule has 4 nitrogen and oxygen atoms in total. The lowest BCUT2D eigenvalue weighted by Crippen LogP contribution is -2.37. The van der Waals surface area contributed by atoms with Crippen LogP contribution in [0.4, 0.5) is 0 Å². The predicted molar refractivity (Wildman–Crippen MR) is 55.1 cm³/mol. The van der Waals surface area contributed by atoms with Crippen molar-refractivity contribution in [3.63, 3.8) is 0 Å². The number of carbonyl (C=O) groups is 2. The number of rotatable bonds is 2. The highest BCUT2D eigenvalue weighted by atomic mass is 16.2. The zero-order valence-electron chi connectivity index (χ0n) is 8.14. The fraction of sp³-hybridized carbons (Fsp3) is 0.0909. The zero-order valence-corrected chi connectivity index (χ0v) is 8.14. The third kappa shape index (κ3) is 1.50. The molecular formula is C11H10N2O2. The monoisotopic (exact) mass is 202 g/mol. The predicted octanol–water partition coefficient (Wildman–Crippen LogP) is 0.768. The van der Waals surface area contributed by atoms with Crippen LogP contribution in [0.3, 0.4) is 0 Å². The Morgan fingerprint density at radius 1 is 0.867 bits per heavy atom. The van der Waals surface area contributed by atoms with E-state index >= 15 is 0 Å². The van der Waals surface area contributed by atoms with Gasteiger partial charge < -0.3 is 0 Å². The smallest absolute Gasteiger partial charge is 0.252 e. The summed E-state index contributed by atoms with van der Waals surface area (Å²) in [6, 6.07) is 0. The van der Waals surface area contributed by atoms with Crippen molar-refractivity contribution in [3.8, 4) is 0 Å². The maximum absolute atomic E-state index is 11.4. The SMILES string of the molecule is C=C1C=CC(=O)N1CN1C(=C)C=CC1=O. The first-order chi connectivity index (χ1) is 7.09. The molecule has 0 aliphatic carbocycles. The molecule has 0 N–H and O–H groups in total. The maximum Gasteiger partial charge on any atom is 0.252 e. The van der Waals surface area contributed by atoms with Crippen LogP contribution in [0.15, 0.2) is 48.9 Å². The molecule has 0 saturated heterocycles. The van der Waals surface area contributed by atoms with Crippen molar-refractivity contribution in [2.75, 3.05) is 6.67 Å². The normalized spacial score (nSPS) is 20.0. The summed E-state index contributed by atoms with van der Waals surface area (Å²) in [7, 11) is 0. The van der Waals surface area contributed by atoms with E-state index in [2.05, 4.69) is 13.2 Å². The van der Waals surface area contributed by atoms with E-state index in [0.29, 0.717) is 11.4 Å². The van der Waals surface area contributed by atoms with Gasteiger partial charge in [-0.3, -0.25) is 19.4 Å². The van der Waals surface area contributed by atoms with Crippen molar-refractivity contribution < 1.29 is 9.59 Å². The third-order valence-electron chi connectivity index (χ3n) is 2.34. The van der Waals surface area contributed by atoms with Gasteiger partial charge in [-0.2, -0.15) is 0 Å². The first kappa shape index (κ1) is 9.45. The second-order valence-electron chi connectivity index (χ2n) is 3.32. The molecule has 0 aromatic rings. The standard InChI is InChI=1S/C11H10N2O2/c1-8-3-5-10(14)12(8)7-13-9(2)4-6-11(13)15/h3-6H,1-2,7H2. The Balaban J connectivity index is 2.10. The lowest BCUT2D eigenvalue weighted by Gasteiger charge is -2.25. The van der Waals surface area contributed by atoms with Crippen LogP contribution in [-0.4, -0.2) is 28.3 Å². The summed E-state index contributed by atoms with van der Waals surface area (Å²) in [5, 5.41) is 0. The van der Waals surface area contributed by atoms with Gasteiger partial charge in [0.15, 0.2) is 0 Å². The van der Waals surface area contributed by atoms with Gasteiger partial charge in [0.2, 0.25) is 0 Å². The van der Waals surface area contributed by atoms with Crippen LogP contribution < -0.4 is 0 Å². The van der Waals surface area contributed by atoms with Crippen molar-refractivity contribution in [1.29, 1.82) is 0 Å². The van der Waals surface area contributed by atoms with Gasteiger partial charge in [-0.05, 0) is 12.2 Å². The van der Waals surface area contributed by atoms with E-state index in [0.717, 1.165) is 0 Å². The molecule has 0 saturated carbocycles. The number of nitrogens with zero attached hydrogens (tertiary/aromatic N) is 2. The molecule has 2 rings (SSSR count). The summed E-state index contributed by atoms with van der Waals surface area (Å²) >= 11 is 0. The summed E-state index contributed by atoms with van der Waals surface area (Å²) in [4.78, 5) is 25.6. The molecule has 0 fully saturated rings. The fourth-order valence-corrected chi connectivity index (χ4v) is 1.44. The van der Waals surface area contributed by atoms with Crippen LogP contribution in [-0.2, 0) is 9.59 Å². The van der Waals surface area contributed by atoms with E-state index < -0.39 is 0 Å². The molecule has 2 heterocycles. The second kappa shape index (κ2) is 3.24. The van der Waals surface area contributed by atoms with Gasteiger partial charge in [-0.25, -0.2) is 0 Å². The third-order valence-corrected chi connectivity index (χ3v) is 2.34. The summed E-state index contributed by atoms with van der Waals surface area (Å²) in [6.45, 7) is 7.59. The first-order valence-corrected chi connectivity index (χ1v) is 4.46. The minimum Gasteiger partial charge on any atom is -0.291 e. The molecule has 2 aliphatic rings. The fourth-order valence-electron chi connectivity index (χ4n) is 1.44. The first-order valence-electron chi connectivity index (χ1n) is 4.46. The van der Waals surface area contributed by atoms with Crippen molar-refractivity contribution >= 4 is 11.8 Å². The number of hydrogen-bond acceptors (Lipinski definition) is 2. The Labute approximate surface area is 87.5 Å². The van der Waals surface area contributed by atoms with E-state index in [1.807, 2.05) is 0 Å². The van der Waals surface area contributed by atoms with Gasteiger partial charge in [0, 0.05) is 23.5 Å². The van der Waals surface area contributed by atoms with Crippen molar-refractivity contribution in [2.45, 2.75) is 0 Å². The van der Waals surface area contributed by atoms with Crippen molar-refractivity contribution in [1.82, 2.24) is 9.80 Å². The highest BCUT2D eigenvalue weighted by Gasteiger charge is 2.26. The molecule has 0 aromatic carbocycles. The number of hydrogen-bond donors (Lipinski definition) is 0. The quantitative estimate of drug-likeness (QED) is 0.663. The summed E-state index contributed by atoms with van der Waals surface area (Å²) in [6.07, 6.45) is 6.11. The van der Waals surface area contributed by atoms with Gasteiger partial charge in [0.25, 0.3) is 11.8 Å². The molecule has 0 atom stereocenters. The molecular weight excluding hydrogens is 192 g/mol. The van der Waals surface area contributed by atoms with Crippen LogP contribution >= 0.6 is 0 Å². The molecule has 0 aromatic heterocycles. The molecule has 0 bridgehead atoms. The highest BCUT2D eigenvalue weighted by molar-refractivity contribution is 5.95. The van der Waals surface area contributed by atoms with E-state index in [1.165, 1.54) is 22.0 Å². The number of amides is 2. The second-order valence-corrected chi connectivity index (χ2v) is 3.32. The lowest BCUT2D eigenvalue weighted by atomic mass is 10.4.